The van der Waals surface area contributed by atoms with Gasteiger partial charge in [-0.15, -0.1) is 0 Å². The number of hydrogen-bond donors (Lipinski definition) is 2. The van der Waals surface area contributed by atoms with Gasteiger partial charge in [-0.1, -0.05) is 0 Å². The fourth-order valence-electron chi connectivity index (χ4n) is 1.34. The van der Waals surface area contributed by atoms with Gasteiger partial charge >= 0.3 is 0 Å². The normalized spacial score (nSPS) is 15.6. The van der Waals surface area contributed by atoms with E-state index in [1.54, 1.807) is 0 Å². The zero-order valence-corrected chi connectivity index (χ0v) is 8.67. The highest BCUT2D eigenvalue weighted by Gasteiger charge is 2.21. The predicted octanol–water partition coefficient (Wildman–Crippen LogP) is 1.08. The van der Waals surface area contributed by atoms with Gasteiger partial charge in [-0.25, -0.2) is 9.97 Å². The van der Waals surface area contributed by atoms with E-state index in [4.69, 9.17) is 0 Å². The van der Waals surface area contributed by atoms with Crippen molar-refractivity contribution in [3.8, 4) is 0 Å². The average molecular weight is 192 g/mol. The van der Waals surface area contributed by atoms with Gasteiger partial charge in [0.25, 0.3) is 0 Å². The number of aromatic nitrogens is 2. The monoisotopic (exact) mass is 192 g/mol. The summed E-state index contributed by atoms with van der Waals surface area (Å²) in [6, 6.07) is 0.615. The van der Waals surface area contributed by atoms with E-state index in [9.17, 15) is 0 Å². The van der Waals surface area contributed by atoms with Crippen LogP contribution >= 0.6 is 0 Å². The van der Waals surface area contributed by atoms with Gasteiger partial charge in [-0.05, 0) is 26.8 Å². The Balaban J connectivity index is 2.08. The topological polar surface area (TPSA) is 49.8 Å². The second kappa shape index (κ2) is 3.92. The third kappa shape index (κ3) is 2.20. The Labute approximate surface area is 84.2 Å². The third-order valence-corrected chi connectivity index (χ3v) is 2.36. The van der Waals surface area contributed by atoms with Crippen LogP contribution in [0.2, 0.25) is 0 Å². The lowest BCUT2D eigenvalue weighted by atomic mass is 10.2. The summed E-state index contributed by atoms with van der Waals surface area (Å²) in [6.07, 6.45) is 4.39. The quantitative estimate of drug-likeness (QED) is 0.749. The van der Waals surface area contributed by atoms with Crippen LogP contribution in [-0.2, 0) is 6.54 Å². The zero-order valence-electron chi connectivity index (χ0n) is 8.67. The molecule has 1 aromatic heterocycles. The molecule has 2 N–H and O–H groups in total. The van der Waals surface area contributed by atoms with Gasteiger partial charge in [-0.2, -0.15) is 0 Å². The standard InChI is InChI=1S/C10H16N4/c1-7-8(5-11-2)6-12-10(13-7)14-9-3-4-9/h6,9,11H,3-5H2,1-2H3,(H,12,13,14). The van der Waals surface area contributed by atoms with Crippen molar-refractivity contribution in [2.45, 2.75) is 32.4 Å². The third-order valence-electron chi connectivity index (χ3n) is 2.36. The Morgan fingerprint density at radius 1 is 1.50 bits per heavy atom. The summed E-state index contributed by atoms with van der Waals surface area (Å²) in [6.45, 7) is 2.85. The summed E-state index contributed by atoms with van der Waals surface area (Å²) < 4.78 is 0. The molecule has 1 saturated carbocycles. The highest BCUT2D eigenvalue weighted by atomic mass is 15.1. The molecular weight excluding hydrogens is 176 g/mol. The molecule has 4 heteroatoms. The minimum Gasteiger partial charge on any atom is -0.351 e. The van der Waals surface area contributed by atoms with E-state index in [0.717, 1.165) is 23.8 Å². The summed E-state index contributed by atoms with van der Waals surface area (Å²) in [5.74, 6) is 0.768. The van der Waals surface area contributed by atoms with Crippen molar-refractivity contribution in [1.29, 1.82) is 0 Å². The Hall–Kier alpha value is -1.16. The van der Waals surface area contributed by atoms with Crippen molar-refractivity contribution >= 4 is 5.95 Å². The van der Waals surface area contributed by atoms with Crippen LogP contribution in [0.4, 0.5) is 5.95 Å². The maximum atomic E-state index is 4.41. The summed E-state index contributed by atoms with van der Waals surface area (Å²) in [5, 5.41) is 6.38. The van der Waals surface area contributed by atoms with Crippen LogP contribution in [0.1, 0.15) is 24.1 Å². The molecule has 1 fully saturated rings. The van der Waals surface area contributed by atoms with E-state index >= 15 is 0 Å². The minimum absolute atomic E-state index is 0.615. The molecule has 2 rings (SSSR count). The molecule has 0 atom stereocenters. The number of nitrogens with zero attached hydrogens (tertiary/aromatic N) is 2. The van der Waals surface area contributed by atoms with E-state index in [0.29, 0.717) is 6.04 Å². The lowest BCUT2D eigenvalue weighted by Gasteiger charge is -2.07. The highest BCUT2D eigenvalue weighted by molar-refractivity contribution is 5.31. The Kier molecular flexibility index (Phi) is 2.63. The van der Waals surface area contributed by atoms with Crippen LogP contribution in [0, 0.1) is 6.92 Å². The Morgan fingerprint density at radius 2 is 2.29 bits per heavy atom. The molecular formula is C10H16N4. The van der Waals surface area contributed by atoms with Gasteiger partial charge in [0.2, 0.25) is 5.95 Å². The maximum Gasteiger partial charge on any atom is 0.223 e. The second-order valence-electron chi connectivity index (χ2n) is 3.75. The second-order valence-corrected chi connectivity index (χ2v) is 3.75. The molecule has 0 aliphatic heterocycles. The van der Waals surface area contributed by atoms with Crippen molar-refractivity contribution in [2.24, 2.45) is 0 Å². The molecule has 0 bridgehead atoms. The number of hydrogen-bond acceptors (Lipinski definition) is 4. The molecule has 0 amide bonds. The molecule has 4 nitrogen and oxygen atoms in total. The fourth-order valence-corrected chi connectivity index (χ4v) is 1.34. The smallest absolute Gasteiger partial charge is 0.223 e. The van der Waals surface area contributed by atoms with Crippen molar-refractivity contribution in [2.75, 3.05) is 12.4 Å². The molecule has 1 aliphatic carbocycles. The largest absolute Gasteiger partial charge is 0.351 e. The first-order valence-corrected chi connectivity index (χ1v) is 5.03. The molecule has 0 radical (unpaired) electrons. The Morgan fingerprint density at radius 3 is 2.86 bits per heavy atom. The molecule has 14 heavy (non-hydrogen) atoms. The van der Waals surface area contributed by atoms with Crippen molar-refractivity contribution in [3.63, 3.8) is 0 Å². The number of aryl methyl sites for hydroxylation is 1. The molecule has 0 unspecified atom stereocenters. The van der Waals surface area contributed by atoms with E-state index in [1.165, 1.54) is 12.8 Å². The van der Waals surface area contributed by atoms with Crippen LogP contribution in [0.25, 0.3) is 0 Å². The van der Waals surface area contributed by atoms with E-state index in [1.807, 2.05) is 20.2 Å². The SMILES string of the molecule is CNCc1cnc(NC2CC2)nc1C. The van der Waals surface area contributed by atoms with Crippen molar-refractivity contribution in [1.82, 2.24) is 15.3 Å². The highest BCUT2D eigenvalue weighted by Crippen LogP contribution is 2.22. The molecule has 1 aliphatic rings. The molecule has 76 valence electrons. The average Bonchev–Trinajstić information content (AvgIpc) is 2.94. The first-order valence-electron chi connectivity index (χ1n) is 5.03. The minimum atomic E-state index is 0.615. The zero-order chi connectivity index (χ0) is 9.97. The summed E-state index contributed by atoms with van der Waals surface area (Å²) >= 11 is 0. The fraction of sp³-hybridized carbons (Fsp3) is 0.600. The Bertz CT molecular complexity index is 320. The van der Waals surface area contributed by atoms with Gasteiger partial charge in [0.05, 0.1) is 0 Å². The first-order chi connectivity index (χ1) is 6.79. The molecule has 0 spiro atoms. The number of anilines is 1. The van der Waals surface area contributed by atoms with Crippen LogP contribution < -0.4 is 10.6 Å². The molecule has 0 aromatic carbocycles. The van der Waals surface area contributed by atoms with E-state index < -0.39 is 0 Å². The van der Waals surface area contributed by atoms with Gasteiger partial charge in [0.15, 0.2) is 0 Å². The summed E-state index contributed by atoms with van der Waals surface area (Å²) in [4.78, 5) is 8.69. The van der Waals surface area contributed by atoms with Gasteiger partial charge in [-0.3, -0.25) is 0 Å². The molecule has 1 heterocycles. The van der Waals surface area contributed by atoms with Crippen molar-refractivity contribution in [3.05, 3.63) is 17.5 Å². The number of nitrogens with one attached hydrogen (secondary N) is 2. The van der Waals surface area contributed by atoms with Crippen LogP contribution in [0.15, 0.2) is 6.20 Å². The summed E-state index contributed by atoms with van der Waals surface area (Å²) in [5.41, 5.74) is 2.21. The molecule has 0 saturated heterocycles. The van der Waals surface area contributed by atoms with Gasteiger partial charge < -0.3 is 10.6 Å². The summed E-state index contributed by atoms with van der Waals surface area (Å²) in [7, 11) is 1.93. The predicted molar refractivity (Wildman–Crippen MR) is 56.2 cm³/mol. The first kappa shape index (κ1) is 9.40. The molecule has 1 aromatic rings. The van der Waals surface area contributed by atoms with Gasteiger partial charge in [0.1, 0.15) is 0 Å². The van der Waals surface area contributed by atoms with E-state index in [2.05, 4.69) is 20.6 Å². The van der Waals surface area contributed by atoms with Crippen LogP contribution in [-0.4, -0.2) is 23.1 Å². The lowest BCUT2D eigenvalue weighted by Crippen LogP contribution is -2.11. The van der Waals surface area contributed by atoms with E-state index in [-0.39, 0.29) is 0 Å². The maximum absolute atomic E-state index is 4.41. The lowest BCUT2D eigenvalue weighted by molar-refractivity contribution is 0.796. The van der Waals surface area contributed by atoms with Gasteiger partial charge in [0, 0.05) is 30.0 Å². The van der Waals surface area contributed by atoms with Crippen LogP contribution in [0.3, 0.4) is 0 Å². The van der Waals surface area contributed by atoms with Crippen molar-refractivity contribution < 1.29 is 0 Å². The number of rotatable bonds is 4. The van der Waals surface area contributed by atoms with Crippen LogP contribution in [0.5, 0.6) is 0 Å².